The van der Waals surface area contributed by atoms with Gasteiger partial charge in [-0.05, 0) is 63.7 Å². The largest absolute Gasteiger partial charge is 0.383 e. The first kappa shape index (κ1) is 25.2. The maximum Gasteiger partial charge on any atom is 0.191 e. The van der Waals surface area contributed by atoms with E-state index in [9.17, 15) is 0 Å². The molecule has 2 fully saturated rings. The van der Waals surface area contributed by atoms with Crippen LogP contribution in [0, 0.1) is 5.92 Å². The first-order chi connectivity index (χ1) is 14.3. The molecule has 0 aliphatic carbocycles. The quantitative estimate of drug-likeness (QED) is 0.308. The Balaban J connectivity index is 0.00000320. The molecule has 7 heteroatoms. The van der Waals surface area contributed by atoms with E-state index < -0.39 is 0 Å². The molecule has 0 radical (unpaired) electrons. The summed E-state index contributed by atoms with van der Waals surface area (Å²) in [5, 5.41) is 7.14. The van der Waals surface area contributed by atoms with Crippen molar-refractivity contribution in [2.24, 2.45) is 10.9 Å². The van der Waals surface area contributed by atoms with Gasteiger partial charge in [0.25, 0.3) is 0 Å². The molecule has 0 bridgehead atoms. The van der Waals surface area contributed by atoms with E-state index in [-0.39, 0.29) is 24.0 Å². The van der Waals surface area contributed by atoms with Crippen LogP contribution in [0.25, 0.3) is 0 Å². The Morgan fingerprint density at radius 1 is 1.07 bits per heavy atom. The number of halogens is 1. The summed E-state index contributed by atoms with van der Waals surface area (Å²) in [5.74, 6) is 1.69. The maximum atomic E-state index is 5.20. The summed E-state index contributed by atoms with van der Waals surface area (Å²) in [7, 11) is 1.78. The summed E-state index contributed by atoms with van der Waals surface area (Å²) < 4.78 is 5.20. The molecule has 0 unspecified atom stereocenters. The zero-order chi connectivity index (χ0) is 20.3. The highest BCUT2D eigenvalue weighted by Gasteiger charge is 2.21. The number of hydrogen-bond acceptors (Lipinski definition) is 4. The van der Waals surface area contributed by atoms with Crippen molar-refractivity contribution < 1.29 is 4.74 Å². The average Bonchev–Trinajstić information content (AvgIpc) is 2.78. The normalized spacial score (nSPS) is 19.4. The van der Waals surface area contributed by atoms with Gasteiger partial charge in [-0.15, -0.1) is 24.0 Å². The van der Waals surface area contributed by atoms with E-state index >= 15 is 0 Å². The number of likely N-dealkylation sites (tertiary alicyclic amines) is 1. The molecule has 0 saturated carbocycles. The lowest BCUT2D eigenvalue weighted by Gasteiger charge is -2.34. The van der Waals surface area contributed by atoms with Crippen LogP contribution in [-0.2, 0) is 4.74 Å². The number of benzene rings is 1. The number of ether oxygens (including phenoxy) is 1. The second kappa shape index (κ2) is 14.1. The van der Waals surface area contributed by atoms with Crippen LogP contribution in [0.4, 0.5) is 5.69 Å². The van der Waals surface area contributed by atoms with Crippen molar-refractivity contribution in [2.75, 3.05) is 64.4 Å². The summed E-state index contributed by atoms with van der Waals surface area (Å²) in [6.07, 6.45) is 4.78. The van der Waals surface area contributed by atoms with Crippen molar-refractivity contribution in [1.82, 2.24) is 15.5 Å². The fraction of sp³-hybridized carbons (Fsp3) is 0.696. The molecule has 0 amide bonds. The second-order valence-corrected chi connectivity index (χ2v) is 8.24. The van der Waals surface area contributed by atoms with Gasteiger partial charge in [0.05, 0.1) is 6.61 Å². The number of aliphatic imine (C=N–C) groups is 1. The average molecular weight is 530 g/mol. The number of rotatable bonds is 8. The molecular weight excluding hydrogens is 489 g/mol. The number of para-hydroxylation sites is 1. The smallest absolute Gasteiger partial charge is 0.191 e. The topological polar surface area (TPSA) is 52.1 Å². The summed E-state index contributed by atoms with van der Waals surface area (Å²) >= 11 is 0. The molecule has 3 rings (SSSR count). The molecule has 1 aromatic rings. The monoisotopic (exact) mass is 529 g/mol. The molecule has 0 spiro atoms. The molecule has 170 valence electrons. The van der Waals surface area contributed by atoms with E-state index in [0.717, 1.165) is 58.1 Å². The predicted molar refractivity (Wildman–Crippen MR) is 137 cm³/mol. The number of nitrogens with zero attached hydrogens (tertiary/aromatic N) is 3. The highest BCUT2D eigenvalue weighted by atomic mass is 127. The van der Waals surface area contributed by atoms with Gasteiger partial charge in [-0.25, -0.2) is 0 Å². The molecule has 2 saturated heterocycles. The second-order valence-electron chi connectivity index (χ2n) is 8.24. The lowest BCUT2D eigenvalue weighted by Crippen LogP contribution is -2.49. The fourth-order valence-electron chi connectivity index (χ4n) is 4.27. The molecule has 2 aliphatic heterocycles. The van der Waals surface area contributed by atoms with Crippen molar-refractivity contribution in [3.63, 3.8) is 0 Å². The van der Waals surface area contributed by atoms with Crippen LogP contribution < -0.4 is 15.5 Å². The maximum absolute atomic E-state index is 5.20. The molecule has 2 aliphatic rings. The van der Waals surface area contributed by atoms with Crippen molar-refractivity contribution in [3.05, 3.63) is 30.3 Å². The Hall–Kier alpha value is -1.06. The first-order valence-corrected chi connectivity index (χ1v) is 11.3. The van der Waals surface area contributed by atoms with Crippen LogP contribution >= 0.6 is 24.0 Å². The summed E-state index contributed by atoms with van der Waals surface area (Å²) in [4.78, 5) is 9.93. The highest BCUT2D eigenvalue weighted by molar-refractivity contribution is 14.0. The number of anilines is 1. The molecule has 6 nitrogen and oxygen atoms in total. The Labute approximate surface area is 199 Å². The summed E-state index contributed by atoms with van der Waals surface area (Å²) in [6.45, 7) is 10.4. The minimum absolute atomic E-state index is 0. The van der Waals surface area contributed by atoms with E-state index in [2.05, 4.69) is 57.7 Å². The van der Waals surface area contributed by atoms with Crippen LogP contribution in [0.15, 0.2) is 35.3 Å². The predicted octanol–water partition coefficient (Wildman–Crippen LogP) is 3.19. The van der Waals surface area contributed by atoms with Crippen LogP contribution in [0.1, 0.15) is 32.6 Å². The zero-order valence-corrected chi connectivity index (χ0v) is 21.0. The number of methoxy groups -OCH3 is 1. The van der Waals surface area contributed by atoms with Crippen LogP contribution in [-0.4, -0.2) is 76.4 Å². The summed E-state index contributed by atoms with van der Waals surface area (Å²) in [5.41, 5.74) is 1.34. The van der Waals surface area contributed by atoms with Gasteiger partial charge in [0.2, 0.25) is 0 Å². The standard InChI is InChI=1S/C23H39N5O.HI/c1-3-24-23(25-19-20-9-13-27(14-10-20)17-18-29-2)26-21-11-15-28(16-12-21)22-7-5-4-6-8-22;/h4-8,20-21H,3,9-19H2,1-2H3,(H2,24,25,26);1H. The van der Waals surface area contributed by atoms with Gasteiger partial charge in [0.1, 0.15) is 0 Å². The van der Waals surface area contributed by atoms with Crippen molar-refractivity contribution in [1.29, 1.82) is 0 Å². The Bertz CT molecular complexity index is 599. The van der Waals surface area contributed by atoms with Gasteiger partial charge >= 0.3 is 0 Å². The molecule has 0 aromatic heterocycles. The molecule has 30 heavy (non-hydrogen) atoms. The minimum atomic E-state index is 0. The van der Waals surface area contributed by atoms with E-state index in [1.807, 2.05) is 0 Å². The van der Waals surface area contributed by atoms with Gasteiger partial charge in [-0.3, -0.25) is 4.99 Å². The third kappa shape index (κ3) is 8.23. The third-order valence-corrected chi connectivity index (χ3v) is 6.13. The van der Waals surface area contributed by atoms with E-state index in [0.29, 0.717) is 12.0 Å². The molecular formula is C23H40IN5O. The van der Waals surface area contributed by atoms with Crippen LogP contribution in [0.3, 0.4) is 0 Å². The Morgan fingerprint density at radius 2 is 1.77 bits per heavy atom. The molecule has 0 atom stereocenters. The molecule has 2 heterocycles. The fourth-order valence-corrected chi connectivity index (χ4v) is 4.27. The van der Waals surface area contributed by atoms with E-state index in [1.54, 1.807) is 7.11 Å². The molecule has 1 aromatic carbocycles. The van der Waals surface area contributed by atoms with Gasteiger partial charge in [-0.1, -0.05) is 18.2 Å². The van der Waals surface area contributed by atoms with Crippen LogP contribution in [0.2, 0.25) is 0 Å². The number of hydrogen-bond donors (Lipinski definition) is 2. The number of piperidine rings is 2. The lowest BCUT2D eigenvalue weighted by atomic mass is 9.97. The van der Waals surface area contributed by atoms with Gasteiger partial charge < -0.3 is 25.2 Å². The molecule has 2 N–H and O–H groups in total. The van der Waals surface area contributed by atoms with Gasteiger partial charge in [-0.2, -0.15) is 0 Å². The zero-order valence-electron chi connectivity index (χ0n) is 18.7. The number of nitrogens with one attached hydrogen (secondary N) is 2. The van der Waals surface area contributed by atoms with E-state index in [4.69, 9.17) is 9.73 Å². The van der Waals surface area contributed by atoms with E-state index in [1.165, 1.54) is 31.6 Å². The van der Waals surface area contributed by atoms with Crippen molar-refractivity contribution >= 4 is 35.6 Å². The Kier molecular flexibility index (Phi) is 11.8. The highest BCUT2D eigenvalue weighted by Crippen LogP contribution is 2.20. The summed E-state index contributed by atoms with van der Waals surface area (Å²) in [6, 6.07) is 11.2. The first-order valence-electron chi connectivity index (χ1n) is 11.3. The van der Waals surface area contributed by atoms with Crippen molar-refractivity contribution in [3.8, 4) is 0 Å². The van der Waals surface area contributed by atoms with Gasteiger partial charge in [0, 0.05) is 51.6 Å². The third-order valence-electron chi connectivity index (χ3n) is 6.13. The lowest BCUT2D eigenvalue weighted by molar-refractivity contribution is 0.121. The minimum Gasteiger partial charge on any atom is -0.383 e. The van der Waals surface area contributed by atoms with Crippen LogP contribution in [0.5, 0.6) is 0 Å². The number of guanidine groups is 1. The Morgan fingerprint density at radius 3 is 2.40 bits per heavy atom. The van der Waals surface area contributed by atoms with Gasteiger partial charge in [0.15, 0.2) is 5.96 Å². The SMILES string of the molecule is CCNC(=NCC1CCN(CCOC)CC1)NC1CCN(c2ccccc2)CC1.I. The van der Waals surface area contributed by atoms with Crippen molar-refractivity contribution in [2.45, 2.75) is 38.6 Å².